The number of benzene rings is 1. The SMILES string of the molecule is CC[C@H](C)[C@H](NC(=O)[C@H](CC(C)C)NC(=O)[C@H](CCCN=C(N)N)NC(=O)[C@H](CCCN=C(N)N)NC(=O)[C@H](CCCCN)NC(=O)[C@H](C)NC(=O)CNC(=O)CN1CCN(CC(=O)O)CCN(CC(=O)O)CCN(CC(=O)O)CC1)C(=O)N[C@@H](Cc1ccccc1)C(=O)N[C@@H](CCC(=O)O)C(N)=O.[Tb+3]. The van der Waals surface area contributed by atoms with Crippen molar-refractivity contribution in [1.82, 2.24) is 67.5 Å². The van der Waals surface area contributed by atoms with Crippen LogP contribution in [-0.2, 0) is 73.5 Å². The first-order chi connectivity index (χ1) is 49.1. The van der Waals surface area contributed by atoms with Crippen LogP contribution in [-0.4, -0.2) is 288 Å². The van der Waals surface area contributed by atoms with Crippen LogP contribution in [0.5, 0.6) is 0 Å². The number of amides is 10. The monoisotopic (exact) mass is 1630 g/mol. The van der Waals surface area contributed by atoms with E-state index in [0.717, 1.165) is 0 Å². The Morgan fingerprint density at radius 1 is 0.457 bits per heavy atom. The van der Waals surface area contributed by atoms with E-state index >= 15 is 0 Å². The van der Waals surface area contributed by atoms with Gasteiger partial charge in [-0.3, -0.25) is 96.7 Å². The van der Waals surface area contributed by atoms with Gasteiger partial charge in [-0.15, -0.1) is 0 Å². The van der Waals surface area contributed by atoms with Crippen LogP contribution in [0.1, 0.15) is 111 Å². The fourth-order valence-electron chi connectivity index (χ4n) is 10.8. The smallest absolute Gasteiger partial charge is 0.481 e. The molecule has 39 nitrogen and oxygen atoms in total. The largest absolute Gasteiger partial charge is 3.00 e. The number of nitrogens with zero attached hydrogens (tertiary/aromatic N) is 6. The molecule has 1 aromatic carbocycles. The molecule has 0 saturated carbocycles. The van der Waals surface area contributed by atoms with E-state index in [-0.39, 0.29) is 212 Å². The minimum absolute atomic E-state index is 0. The van der Waals surface area contributed by atoms with Gasteiger partial charge in [0.15, 0.2) is 11.9 Å². The number of unbranched alkanes of at least 4 members (excludes halogenated alkanes) is 1. The number of nitrogens with one attached hydrogen (secondary N) is 9. The first-order valence-corrected chi connectivity index (χ1v) is 34.7. The number of carboxylic acid groups (broad SMARTS) is 4. The van der Waals surface area contributed by atoms with Gasteiger partial charge in [-0.1, -0.05) is 64.4 Å². The summed E-state index contributed by atoms with van der Waals surface area (Å²) in [6.07, 6.45) is -0.151. The minimum Gasteiger partial charge on any atom is -0.481 e. The Morgan fingerprint density at radius 2 is 0.857 bits per heavy atom. The average Bonchev–Trinajstić information content (AvgIpc) is 0.848. The third kappa shape index (κ3) is 41.1. The molecule has 1 heterocycles. The molecule has 0 bridgehead atoms. The van der Waals surface area contributed by atoms with Crippen molar-refractivity contribution in [2.45, 2.75) is 160 Å². The van der Waals surface area contributed by atoms with Crippen molar-refractivity contribution in [2.75, 3.05) is 105 Å². The number of aliphatic carboxylic acids is 4. The molecular formula is C65H111N21O18Tb+3. The minimum atomic E-state index is -1.46. The molecule has 40 heteroatoms. The summed E-state index contributed by atoms with van der Waals surface area (Å²) in [5, 5.41) is 61.4. The number of carboxylic acids is 4. The number of hydrogen-bond donors (Lipinski definition) is 19. The summed E-state index contributed by atoms with van der Waals surface area (Å²) in [5.41, 5.74) is 34.3. The Morgan fingerprint density at radius 3 is 1.27 bits per heavy atom. The normalized spacial score (nSPS) is 15.8. The van der Waals surface area contributed by atoms with E-state index in [1.54, 1.807) is 77.6 Å². The molecule has 0 spiro atoms. The molecule has 590 valence electrons. The molecule has 105 heavy (non-hydrogen) atoms. The van der Waals surface area contributed by atoms with Crippen LogP contribution in [0.15, 0.2) is 40.3 Å². The first kappa shape index (κ1) is 94.4. The molecule has 1 saturated heterocycles. The van der Waals surface area contributed by atoms with Gasteiger partial charge in [0.2, 0.25) is 59.1 Å². The quantitative estimate of drug-likeness (QED) is 0.0164. The Bertz CT molecular complexity index is 3020. The Labute approximate surface area is 641 Å². The van der Waals surface area contributed by atoms with Crippen molar-refractivity contribution < 1.29 is 126 Å². The van der Waals surface area contributed by atoms with Gasteiger partial charge in [-0.25, -0.2) is 0 Å². The zero-order valence-corrected chi connectivity index (χ0v) is 62.6. The molecule has 0 aromatic heterocycles. The number of carbonyl (C=O) groups excluding carboxylic acids is 10. The van der Waals surface area contributed by atoms with E-state index in [9.17, 15) is 87.5 Å². The van der Waals surface area contributed by atoms with Crippen molar-refractivity contribution in [1.29, 1.82) is 0 Å². The number of primary amides is 1. The van der Waals surface area contributed by atoms with Gasteiger partial charge in [0.1, 0.15) is 48.3 Å². The second-order valence-corrected chi connectivity index (χ2v) is 25.9. The maximum atomic E-state index is 14.7. The van der Waals surface area contributed by atoms with Crippen LogP contribution < -0.4 is 82.3 Å². The summed E-state index contributed by atoms with van der Waals surface area (Å²) < 4.78 is 0. The third-order valence-electron chi connectivity index (χ3n) is 16.7. The number of nitrogens with two attached hydrogens (primary N) is 6. The molecule has 9 atom stereocenters. The van der Waals surface area contributed by atoms with Crippen LogP contribution in [0.3, 0.4) is 0 Å². The molecule has 1 aliphatic heterocycles. The summed E-state index contributed by atoms with van der Waals surface area (Å²) in [4.78, 5) is 200. The molecule has 10 amide bonds. The third-order valence-corrected chi connectivity index (χ3v) is 16.7. The maximum Gasteiger partial charge on any atom is 3.00 e. The van der Waals surface area contributed by atoms with Gasteiger partial charge in [-0.2, -0.15) is 0 Å². The molecule has 0 radical (unpaired) electrons. The summed E-state index contributed by atoms with van der Waals surface area (Å²) in [6, 6.07) is -2.63. The molecule has 1 fully saturated rings. The maximum absolute atomic E-state index is 14.7. The van der Waals surface area contributed by atoms with E-state index in [4.69, 9.17) is 34.4 Å². The van der Waals surface area contributed by atoms with Crippen molar-refractivity contribution >= 4 is 94.9 Å². The topological polar surface area (TPSA) is 622 Å². The summed E-state index contributed by atoms with van der Waals surface area (Å²) >= 11 is 0. The van der Waals surface area contributed by atoms with Gasteiger partial charge in [0, 0.05) is 78.3 Å². The predicted molar refractivity (Wildman–Crippen MR) is 381 cm³/mol. The standard InChI is InChI=1S/C65H111N21O18.Tb/c1-6-40(4)55(63(104)81-48(33-42-14-8-7-9-15-42)61(102)76-43(56(67)97)19-20-51(89)90)82-62(103)47(32-39(2)3)80-60(101)46(18-13-23-73-65(70)71)79-59(100)45(17-12-22-72-64(68)69)78-58(99)44(16-10-11-21-66)77-57(98)41(5)75-49(87)34-74-50(88)35-83-24-26-84(36-52(91)92)28-30-86(38-54(95)96)31-29-85(27-25-83)37-53(93)94;/h7-9,14-15,39-41,43-48,55H,6,10-13,16-38,66H2,1-5H3,(H2,67,97)(H,74,88)(H,75,87)(H,76,102)(H,77,98)(H,78,99)(H,79,100)(H,80,101)(H,81,104)(H,82,103)(H,89,90)(H,91,92)(H,93,94)(H,95,96)(H4,68,69,72)(H4,70,71,73);/q;+3/t40-,41-,43-,44-,45-,46-,47-,48-,55-;/m0./s1. The van der Waals surface area contributed by atoms with E-state index < -0.39 is 150 Å². The molecule has 1 aromatic rings. The van der Waals surface area contributed by atoms with Crippen LogP contribution >= 0.6 is 0 Å². The predicted octanol–water partition coefficient (Wildman–Crippen LogP) is -6.60. The Balaban J connectivity index is 0.0000551. The molecule has 25 N–H and O–H groups in total. The Hall–Kier alpha value is -8.57. The van der Waals surface area contributed by atoms with E-state index in [1.807, 2.05) is 0 Å². The summed E-state index contributed by atoms with van der Waals surface area (Å²) in [5.74, 6) is -14.6. The molecule has 0 unspecified atom stereocenters. The second kappa shape index (κ2) is 51.6. The summed E-state index contributed by atoms with van der Waals surface area (Å²) in [6.45, 7) is 7.46. The summed E-state index contributed by atoms with van der Waals surface area (Å²) in [7, 11) is 0. The molecule has 1 aliphatic rings. The number of guanidine groups is 2. The fraction of sp³-hybridized carbons (Fsp3) is 0.662. The van der Waals surface area contributed by atoms with E-state index in [0.29, 0.717) is 18.4 Å². The van der Waals surface area contributed by atoms with Gasteiger partial charge in [0.05, 0.1) is 32.7 Å². The van der Waals surface area contributed by atoms with Crippen molar-refractivity contribution in [3.63, 3.8) is 0 Å². The van der Waals surface area contributed by atoms with Gasteiger partial charge >= 0.3 is 62.5 Å². The van der Waals surface area contributed by atoms with Crippen LogP contribution in [0.25, 0.3) is 0 Å². The molecule has 2 rings (SSSR count). The Kier molecular flexibility index (Phi) is 46.4. The van der Waals surface area contributed by atoms with Crippen LogP contribution in [0, 0.1) is 50.4 Å². The number of aliphatic imine (C=N–C) groups is 2. The average molecular weight is 1630 g/mol. The number of carbonyl (C=O) groups is 14. The fourth-order valence-corrected chi connectivity index (χ4v) is 10.8. The van der Waals surface area contributed by atoms with Crippen LogP contribution in [0.2, 0.25) is 0 Å². The van der Waals surface area contributed by atoms with Crippen molar-refractivity contribution in [3.05, 3.63) is 35.9 Å². The molecule has 0 aliphatic carbocycles. The van der Waals surface area contributed by atoms with Gasteiger partial charge in [0.25, 0.3) is 0 Å². The van der Waals surface area contributed by atoms with Gasteiger partial charge < -0.3 is 103 Å². The van der Waals surface area contributed by atoms with Crippen molar-refractivity contribution in [3.8, 4) is 0 Å². The van der Waals surface area contributed by atoms with E-state index in [1.165, 1.54) is 6.92 Å². The molecular weight excluding hydrogens is 1520 g/mol. The second-order valence-electron chi connectivity index (χ2n) is 25.9. The zero-order chi connectivity index (χ0) is 78.0. The first-order valence-electron chi connectivity index (χ1n) is 34.7. The van der Waals surface area contributed by atoms with Gasteiger partial charge in [-0.05, 0) is 88.7 Å². The number of hydrogen-bond acceptors (Lipinski definition) is 21. The van der Waals surface area contributed by atoms with E-state index in [2.05, 4.69) is 57.8 Å². The van der Waals surface area contributed by atoms with Crippen molar-refractivity contribution in [2.24, 2.45) is 56.2 Å². The van der Waals surface area contributed by atoms with Crippen LogP contribution in [0.4, 0.5) is 0 Å². The number of rotatable bonds is 47. The zero-order valence-electron chi connectivity index (χ0n) is 60.4.